The fraction of sp³-hybridized carbons (Fsp3) is 0.350. The van der Waals surface area contributed by atoms with E-state index in [0.29, 0.717) is 6.54 Å². The summed E-state index contributed by atoms with van der Waals surface area (Å²) in [6, 6.07) is 13.8. The van der Waals surface area contributed by atoms with Crippen LogP contribution >= 0.6 is 0 Å². The number of rotatable bonds is 6. The Kier molecular flexibility index (Phi) is 6.17. The van der Waals surface area contributed by atoms with E-state index in [4.69, 9.17) is 0 Å². The Morgan fingerprint density at radius 1 is 0.923 bits per heavy atom. The second-order valence-corrected chi connectivity index (χ2v) is 6.37. The van der Waals surface area contributed by atoms with Crippen molar-refractivity contribution in [3.05, 3.63) is 65.7 Å². The smallest absolute Gasteiger partial charge is 0.257 e. The molecule has 1 N–H and O–H groups in total. The molecule has 1 aliphatic rings. The Bertz CT molecular complexity index is 711. The molecule has 1 heterocycles. The molecule has 0 bridgehead atoms. The lowest BCUT2D eigenvalue weighted by Crippen LogP contribution is -2.47. The van der Waals surface area contributed by atoms with Crippen molar-refractivity contribution in [2.45, 2.75) is 6.42 Å². The highest BCUT2D eigenvalue weighted by Gasteiger charge is 2.18. The summed E-state index contributed by atoms with van der Waals surface area (Å²) >= 11 is 0. The van der Waals surface area contributed by atoms with Crippen molar-refractivity contribution >= 4 is 11.6 Å². The number of hydrogen-bond donors (Lipinski definition) is 1. The van der Waals surface area contributed by atoms with E-state index < -0.39 is 23.1 Å². The molecular formula is C20H23F2N3O. The van der Waals surface area contributed by atoms with Crippen LogP contribution in [0.4, 0.5) is 14.5 Å². The molecule has 0 atom stereocenters. The van der Waals surface area contributed by atoms with Gasteiger partial charge in [-0.05, 0) is 37.2 Å². The van der Waals surface area contributed by atoms with Gasteiger partial charge < -0.3 is 10.2 Å². The van der Waals surface area contributed by atoms with Crippen molar-refractivity contribution in [1.82, 2.24) is 10.2 Å². The summed E-state index contributed by atoms with van der Waals surface area (Å²) < 4.78 is 27.1. The first-order valence-corrected chi connectivity index (χ1v) is 8.90. The summed E-state index contributed by atoms with van der Waals surface area (Å²) in [4.78, 5) is 16.6. The minimum Gasteiger partial charge on any atom is -0.369 e. The van der Waals surface area contributed by atoms with Gasteiger partial charge in [-0.3, -0.25) is 9.69 Å². The summed E-state index contributed by atoms with van der Waals surface area (Å²) in [6.07, 6.45) is 0.743. The summed E-state index contributed by atoms with van der Waals surface area (Å²) in [5, 5.41) is 2.60. The maximum absolute atomic E-state index is 13.6. The molecule has 4 nitrogen and oxygen atoms in total. The van der Waals surface area contributed by atoms with Crippen LogP contribution < -0.4 is 10.2 Å². The van der Waals surface area contributed by atoms with Crippen LogP contribution in [0, 0.1) is 11.6 Å². The molecule has 0 aromatic heterocycles. The first kappa shape index (κ1) is 18.3. The maximum Gasteiger partial charge on any atom is 0.257 e. The third-order valence-electron chi connectivity index (χ3n) is 4.62. The molecule has 1 saturated heterocycles. The molecule has 2 aromatic carbocycles. The molecule has 138 valence electrons. The minimum atomic E-state index is -0.834. The average Bonchev–Trinajstić information content (AvgIpc) is 2.66. The van der Waals surface area contributed by atoms with E-state index in [0.717, 1.165) is 51.3 Å². The number of piperazine rings is 1. The van der Waals surface area contributed by atoms with E-state index in [-0.39, 0.29) is 0 Å². The summed E-state index contributed by atoms with van der Waals surface area (Å²) in [6.45, 7) is 5.11. The number of nitrogens with one attached hydrogen (secondary N) is 1. The largest absolute Gasteiger partial charge is 0.369 e. The topological polar surface area (TPSA) is 35.6 Å². The maximum atomic E-state index is 13.6. The zero-order valence-corrected chi connectivity index (χ0v) is 14.6. The van der Waals surface area contributed by atoms with Crippen LogP contribution in [-0.4, -0.2) is 50.1 Å². The van der Waals surface area contributed by atoms with Gasteiger partial charge in [0.15, 0.2) is 0 Å². The van der Waals surface area contributed by atoms with Gasteiger partial charge in [0.2, 0.25) is 0 Å². The summed E-state index contributed by atoms with van der Waals surface area (Å²) in [5.41, 5.74) is 0.732. The van der Waals surface area contributed by atoms with E-state index in [1.807, 2.05) is 18.2 Å². The Morgan fingerprint density at radius 3 is 2.23 bits per heavy atom. The Balaban J connectivity index is 1.38. The molecule has 0 saturated carbocycles. The number of para-hydroxylation sites is 1. The lowest BCUT2D eigenvalue weighted by atomic mass is 10.2. The number of nitrogens with zero attached hydrogens (tertiary/aromatic N) is 2. The number of halogens is 2. The monoisotopic (exact) mass is 359 g/mol. The lowest BCUT2D eigenvalue weighted by molar-refractivity contribution is 0.0943. The van der Waals surface area contributed by atoms with Gasteiger partial charge >= 0.3 is 0 Å². The van der Waals surface area contributed by atoms with Crippen LogP contribution in [0.5, 0.6) is 0 Å². The quantitative estimate of drug-likeness (QED) is 0.806. The van der Waals surface area contributed by atoms with Crippen molar-refractivity contribution in [2.75, 3.05) is 44.2 Å². The average molecular weight is 359 g/mol. The van der Waals surface area contributed by atoms with Crippen molar-refractivity contribution in [2.24, 2.45) is 0 Å². The third kappa shape index (κ3) is 4.58. The number of hydrogen-bond acceptors (Lipinski definition) is 3. The van der Waals surface area contributed by atoms with Gasteiger partial charge in [0, 0.05) is 38.4 Å². The number of carbonyl (C=O) groups excluding carboxylic acids is 1. The van der Waals surface area contributed by atoms with E-state index in [2.05, 4.69) is 27.2 Å². The molecular weight excluding hydrogens is 336 g/mol. The van der Waals surface area contributed by atoms with Crippen molar-refractivity contribution < 1.29 is 13.6 Å². The predicted molar refractivity (Wildman–Crippen MR) is 98.4 cm³/mol. The van der Waals surface area contributed by atoms with Gasteiger partial charge in [-0.15, -0.1) is 0 Å². The van der Waals surface area contributed by atoms with E-state index in [9.17, 15) is 13.6 Å². The second-order valence-electron chi connectivity index (χ2n) is 6.37. The summed E-state index contributed by atoms with van der Waals surface area (Å²) in [7, 11) is 0. The highest BCUT2D eigenvalue weighted by molar-refractivity contribution is 5.94. The number of benzene rings is 2. The highest BCUT2D eigenvalue weighted by atomic mass is 19.1. The molecule has 26 heavy (non-hydrogen) atoms. The molecule has 0 unspecified atom stereocenters. The molecule has 6 heteroatoms. The van der Waals surface area contributed by atoms with Gasteiger partial charge in [-0.1, -0.05) is 24.3 Å². The molecule has 1 fully saturated rings. The zero-order valence-electron chi connectivity index (χ0n) is 14.6. The fourth-order valence-corrected chi connectivity index (χ4v) is 3.18. The first-order chi connectivity index (χ1) is 12.6. The number of amides is 1. The van der Waals surface area contributed by atoms with Gasteiger partial charge in [0.1, 0.15) is 17.2 Å². The van der Waals surface area contributed by atoms with Gasteiger partial charge in [-0.25, -0.2) is 8.78 Å². The van der Waals surface area contributed by atoms with Gasteiger partial charge in [0.25, 0.3) is 5.91 Å². The lowest BCUT2D eigenvalue weighted by Gasteiger charge is -2.36. The zero-order chi connectivity index (χ0) is 18.4. The molecule has 2 aromatic rings. The van der Waals surface area contributed by atoms with E-state index >= 15 is 0 Å². The van der Waals surface area contributed by atoms with Crippen molar-refractivity contribution in [3.63, 3.8) is 0 Å². The van der Waals surface area contributed by atoms with Crippen molar-refractivity contribution in [3.8, 4) is 0 Å². The van der Waals surface area contributed by atoms with Crippen molar-refractivity contribution in [1.29, 1.82) is 0 Å². The van der Waals surface area contributed by atoms with Crippen LogP contribution in [0.2, 0.25) is 0 Å². The number of anilines is 1. The third-order valence-corrected chi connectivity index (χ3v) is 4.62. The van der Waals surface area contributed by atoms with Crippen LogP contribution in [0.25, 0.3) is 0 Å². The summed E-state index contributed by atoms with van der Waals surface area (Å²) in [5.74, 6) is -2.37. The second kappa shape index (κ2) is 8.76. The van der Waals surface area contributed by atoms with E-state index in [1.54, 1.807) is 0 Å². The molecule has 1 amide bonds. The van der Waals surface area contributed by atoms with Crippen LogP contribution in [0.1, 0.15) is 16.8 Å². The molecule has 0 radical (unpaired) electrons. The van der Waals surface area contributed by atoms with E-state index in [1.165, 1.54) is 11.8 Å². The molecule has 1 aliphatic heterocycles. The molecule has 3 rings (SSSR count). The minimum absolute atomic E-state index is 0.394. The fourth-order valence-electron chi connectivity index (χ4n) is 3.18. The molecule has 0 aliphatic carbocycles. The normalized spacial score (nSPS) is 15.1. The van der Waals surface area contributed by atoms with Crippen LogP contribution in [0.15, 0.2) is 48.5 Å². The van der Waals surface area contributed by atoms with Gasteiger partial charge in [0.05, 0.1) is 0 Å². The molecule has 0 spiro atoms. The SMILES string of the molecule is O=C(NCCCN1CCN(c2ccccc2)CC1)c1c(F)cccc1F. The predicted octanol–water partition coefficient (Wildman–Crippen LogP) is 2.91. The Labute approximate surface area is 152 Å². The first-order valence-electron chi connectivity index (χ1n) is 8.90. The Morgan fingerprint density at radius 2 is 1.58 bits per heavy atom. The number of carbonyl (C=O) groups is 1. The highest BCUT2D eigenvalue weighted by Crippen LogP contribution is 2.15. The Hall–Kier alpha value is -2.47. The van der Waals surface area contributed by atoms with Crippen LogP contribution in [-0.2, 0) is 0 Å². The van der Waals surface area contributed by atoms with Crippen LogP contribution in [0.3, 0.4) is 0 Å². The van der Waals surface area contributed by atoms with Gasteiger partial charge in [-0.2, -0.15) is 0 Å². The standard InChI is InChI=1S/C20H23F2N3O/c21-17-8-4-9-18(22)19(17)20(26)23-10-5-11-24-12-14-25(15-13-24)16-6-2-1-3-7-16/h1-4,6-9H,5,10-15H2,(H,23,26).